The Kier molecular flexibility index (Phi) is 3.52. The van der Waals surface area contributed by atoms with Crippen molar-refractivity contribution in [2.75, 3.05) is 11.9 Å². The van der Waals surface area contributed by atoms with Crippen LogP contribution in [0.15, 0.2) is 18.2 Å². The standard InChI is InChI=1S/C14H16N2O2/c1-10-14(17)16(2)12-9-11(5-3-4-8-15)6-7-13(12)18-10/h6-7,9-10H,3-5H2,1-2H3. The molecule has 0 aliphatic carbocycles. The summed E-state index contributed by atoms with van der Waals surface area (Å²) in [6.07, 6.45) is 1.81. The molecule has 1 aliphatic heterocycles. The first-order chi connectivity index (χ1) is 8.63. The summed E-state index contributed by atoms with van der Waals surface area (Å²) in [5.41, 5.74) is 1.94. The van der Waals surface area contributed by atoms with Gasteiger partial charge in [-0.1, -0.05) is 6.07 Å². The molecule has 0 fully saturated rings. The van der Waals surface area contributed by atoms with Crippen molar-refractivity contribution < 1.29 is 9.53 Å². The van der Waals surface area contributed by atoms with E-state index >= 15 is 0 Å². The third-order valence-electron chi connectivity index (χ3n) is 3.12. The second-order valence-electron chi connectivity index (χ2n) is 4.47. The van der Waals surface area contributed by atoms with Crippen LogP contribution >= 0.6 is 0 Å². The second-order valence-corrected chi connectivity index (χ2v) is 4.47. The molecule has 0 N–H and O–H groups in total. The lowest BCUT2D eigenvalue weighted by Crippen LogP contribution is -2.42. The second kappa shape index (κ2) is 5.09. The summed E-state index contributed by atoms with van der Waals surface area (Å²) in [5.74, 6) is 0.713. The third-order valence-corrected chi connectivity index (χ3v) is 3.12. The zero-order valence-electron chi connectivity index (χ0n) is 10.6. The van der Waals surface area contributed by atoms with Gasteiger partial charge in [-0.05, 0) is 37.5 Å². The highest BCUT2D eigenvalue weighted by molar-refractivity contribution is 5.99. The molecule has 0 saturated heterocycles. The van der Waals surface area contributed by atoms with Gasteiger partial charge in [-0.2, -0.15) is 5.26 Å². The van der Waals surface area contributed by atoms with Gasteiger partial charge in [0.2, 0.25) is 0 Å². The fourth-order valence-corrected chi connectivity index (χ4v) is 2.08. The monoisotopic (exact) mass is 244 g/mol. The molecule has 0 spiro atoms. The molecule has 18 heavy (non-hydrogen) atoms. The van der Waals surface area contributed by atoms with Crippen molar-refractivity contribution in [2.24, 2.45) is 0 Å². The summed E-state index contributed by atoms with van der Waals surface area (Å²) in [6.45, 7) is 1.75. The number of amides is 1. The van der Waals surface area contributed by atoms with E-state index in [4.69, 9.17) is 10.00 Å². The van der Waals surface area contributed by atoms with Gasteiger partial charge in [-0.25, -0.2) is 0 Å². The number of rotatable bonds is 3. The number of benzene rings is 1. The minimum atomic E-state index is -0.424. The Labute approximate surface area is 107 Å². The molecular weight excluding hydrogens is 228 g/mol. The Balaban J connectivity index is 2.21. The lowest BCUT2D eigenvalue weighted by Gasteiger charge is -2.30. The van der Waals surface area contributed by atoms with Crippen molar-refractivity contribution in [3.05, 3.63) is 23.8 Å². The number of carbonyl (C=O) groups is 1. The van der Waals surface area contributed by atoms with Gasteiger partial charge in [0.1, 0.15) is 5.75 Å². The van der Waals surface area contributed by atoms with Crippen molar-refractivity contribution >= 4 is 11.6 Å². The average Bonchev–Trinajstić information content (AvgIpc) is 2.37. The number of likely N-dealkylation sites (N-methyl/N-ethyl adjacent to an activating group) is 1. The summed E-state index contributed by atoms with van der Waals surface area (Å²) in [7, 11) is 1.76. The van der Waals surface area contributed by atoms with Gasteiger partial charge in [-0.3, -0.25) is 4.79 Å². The number of nitrogens with zero attached hydrogens (tertiary/aromatic N) is 2. The van der Waals surface area contributed by atoms with Crippen LogP contribution in [0.2, 0.25) is 0 Å². The molecule has 1 aromatic carbocycles. The molecule has 1 unspecified atom stereocenters. The van der Waals surface area contributed by atoms with Crippen molar-refractivity contribution in [2.45, 2.75) is 32.3 Å². The number of fused-ring (bicyclic) bond motifs is 1. The Morgan fingerprint density at radius 1 is 1.50 bits per heavy atom. The average molecular weight is 244 g/mol. The van der Waals surface area contributed by atoms with Gasteiger partial charge in [0.15, 0.2) is 6.10 Å². The van der Waals surface area contributed by atoms with Gasteiger partial charge >= 0.3 is 0 Å². The number of hydrogen-bond acceptors (Lipinski definition) is 3. The predicted molar refractivity (Wildman–Crippen MR) is 68.5 cm³/mol. The third kappa shape index (κ3) is 2.30. The first-order valence-electron chi connectivity index (χ1n) is 6.07. The quantitative estimate of drug-likeness (QED) is 0.766. The Morgan fingerprint density at radius 3 is 3.00 bits per heavy atom. The van der Waals surface area contributed by atoms with Crippen LogP contribution in [-0.4, -0.2) is 19.1 Å². The van der Waals surface area contributed by atoms with Crippen LogP contribution in [0.4, 0.5) is 5.69 Å². The lowest BCUT2D eigenvalue weighted by molar-refractivity contribution is -0.125. The number of hydrogen-bond donors (Lipinski definition) is 0. The highest BCUT2D eigenvalue weighted by Gasteiger charge is 2.28. The molecule has 2 rings (SSSR count). The molecular formula is C14H16N2O2. The Morgan fingerprint density at radius 2 is 2.28 bits per heavy atom. The van der Waals surface area contributed by atoms with E-state index in [-0.39, 0.29) is 5.91 Å². The van der Waals surface area contributed by atoms with Gasteiger partial charge in [-0.15, -0.1) is 0 Å². The largest absolute Gasteiger partial charge is 0.479 e. The lowest BCUT2D eigenvalue weighted by atomic mass is 10.1. The Bertz CT molecular complexity index is 505. The van der Waals surface area contributed by atoms with Gasteiger partial charge in [0.25, 0.3) is 5.91 Å². The van der Waals surface area contributed by atoms with Crippen molar-refractivity contribution in [3.63, 3.8) is 0 Å². The highest BCUT2D eigenvalue weighted by Crippen LogP contribution is 2.34. The maximum atomic E-state index is 11.8. The summed E-state index contributed by atoms with van der Waals surface area (Å²) >= 11 is 0. The van der Waals surface area contributed by atoms with E-state index in [1.807, 2.05) is 18.2 Å². The maximum Gasteiger partial charge on any atom is 0.267 e. The minimum absolute atomic E-state index is 0.0309. The molecule has 4 heteroatoms. The molecule has 0 saturated carbocycles. The van der Waals surface area contributed by atoms with Crippen LogP contribution in [0.25, 0.3) is 0 Å². The van der Waals surface area contributed by atoms with Gasteiger partial charge in [0, 0.05) is 13.5 Å². The number of ether oxygens (including phenoxy) is 1. The summed E-state index contributed by atoms with van der Waals surface area (Å²) in [6, 6.07) is 7.99. The first-order valence-corrected chi connectivity index (χ1v) is 6.07. The highest BCUT2D eigenvalue weighted by atomic mass is 16.5. The van der Waals surface area contributed by atoms with Crippen LogP contribution in [0.3, 0.4) is 0 Å². The van der Waals surface area contributed by atoms with E-state index in [0.717, 1.165) is 29.8 Å². The fraction of sp³-hybridized carbons (Fsp3) is 0.429. The SMILES string of the molecule is CC1Oc2ccc(CCCC#N)cc2N(C)C1=O. The maximum absolute atomic E-state index is 11.8. The van der Waals surface area contributed by atoms with Gasteiger partial charge < -0.3 is 9.64 Å². The zero-order chi connectivity index (χ0) is 13.1. The summed E-state index contributed by atoms with van der Waals surface area (Å²) in [4.78, 5) is 13.5. The van der Waals surface area contributed by atoms with Crippen molar-refractivity contribution in [1.29, 1.82) is 5.26 Å². The molecule has 1 aliphatic rings. The van der Waals surface area contributed by atoms with Gasteiger partial charge in [0.05, 0.1) is 11.8 Å². The van der Waals surface area contributed by atoms with Crippen LogP contribution in [0.5, 0.6) is 5.75 Å². The van der Waals surface area contributed by atoms with Crippen LogP contribution in [0, 0.1) is 11.3 Å². The van der Waals surface area contributed by atoms with Crippen LogP contribution < -0.4 is 9.64 Å². The normalized spacial score (nSPS) is 17.9. The predicted octanol–water partition coefficient (Wildman–Crippen LogP) is 2.28. The van der Waals surface area contributed by atoms with E-state index in [0.29, 0.717) is 6.42 Å². The molecule has 1 heterocycles. The molecule has 0 aromatic heterocycles. The van der Waals surface area contributed by atoms with E-state index in [9.17, 15) is 4.79 Å². The molecule has 1 amide bonds. The fourth-order valence-electron chi connectivity index (χ4n) is 2.08. The molecule has 0 bridgehead atoms. The Hall–Kier alpha value is -2.02. The van der Waals surface area contributed by atoms with E-state index in [1.165, 1.54) is 0 Å². The van der Waals surface area contributed by atoms with E-state index in [2.05, 4.69) is 6.07 Å². The van der Waals surface area contributed by atoms with Crippen molar-refractivity contribution in [3.8, 4) is 11.8 Å². The zero-order valence-corrected chi connectivity index (χ0v) is 10.6. The van der Waals surface area contributed by atoms with E-state index < -0.39 is 6.10 Å². The first kappa shape index (κ1) is 12.4. The number of anilines is 1. The smallest absolute Gasteiger partial charge is 0.267 e. The molecule has 94 valence electrons. The molecule has 1 aromatic rings. The molecule has 1 atom stereocenters. The number of nitriles is 1. The summed E-state index contributed by atoms with van der Waals surface area (Å²) < 4.78 is 5.55. The topological polar surface area (TPSA) is 53.3 Å². The van der Waals surface area contributed by atoms with Crippen molar-refractivity contribution in [1.82, 2.24) is 0 Å². The number of unbranched alkanes of at least 4 members (excludes halogenated alkanes) is 1. The van der Waals surface area contributed by atoms with E-state index in [1.54, 1.807) is 18.9 Å². The number of carbonyl (C=O) groups excluding carboxylic acids is 1. The number of aryl methyl sites for hydroxylation is 1. The van der Waals surface area contributed by atoms with Crippen LogP contribution in [-0.2, 0) is 11.2 Å². The minimum Gasteiger partial charge on any atom is -0.479 e. The molecule has 4 nitrogen and oxygen atoms in total. The van der Waals surface area contributed by atoms with Crippen LogP contribution in [0.1, 0.15) is 25.3 Å². The summed E-state index contributed by atoms with van der Waals surface area (Å²) in [5, 5.41) is 8.52. The molecule has 0 radical (unpaired) electrons.